The monoisotopic (exact) mass is 452 g/mol. The van der Waals surface area contributed by atoms with Crippen molar-refractivity contribution in [2.75, 3.05) is 31.6 Å². The Morgan fingerprint density at radius 2 is 2.09 bits per heavy atom. The number of aryl methyl sites for hydroxylation is 1. The number of benzene rings is 1. The first-order valence-electron chi connectivity index (χ1n) is 11.5. The topological polar surface area (TPSA) is 96.5 Å². The molecule has 1 aromatic carbocycles. The van der Waals surface area contributed by atoms with Crippen molar-refractivity contribution in [2.24, 2.45) is 5.92 Å². The molecule has 1 atom stereocenters. The second kappa shape index (κ2) is 9.02. The predicted octanol–water partition coefficient (Wildman–Crippen LogP) is 4.03. The normalized spacial score (nSPS) is 17.6. The molecule has 0 bridgehead atoms. The number of fused-ring (bicyclic) bond motifs is 3. The van der Waals surface area contributed by atoms with Crippen LogP contribution in [0.4, 0.5) is 5.69 Å². The van der Waals surface area contributed by atoms with Crippen molar-refractivity contribution in [2.45, 2.75) is 46.6 Å². The Balaban J connectivity index is 1.75. The molecular formula is C25H32N4O4. The molecule has 1 aliphatic rings. The van der Waals surface area contributed by atoms with Crippen molar-refractivity contribution in [3.63, 3.8) is 0 Å². The number of hydrogen-bond acceptors (Lipinski definition) is 6. The van der Waals surface area contributed by atoms with Gasteiger partial charge in [0, 0.05) is 23.5 Å². The van der Waals surface area contributed by atoms with Crippen LogP contribution in [-0.4, -0.2) is 58.6 Å². The predicted molar refractivity (Wildman–Crippen MR) is 129 cm³/mol. The third-order valence-electron chi connectivity index (χ3n) is 6.54. The fourth-order valence-corrected chi connectivity index (χ4v) is 4.56. The van der Waals surface area contributed by atoms with Crippen molar-refractivity contribution < 1.29 is 19.1 Å². The van der Waals surface area contributed by atoms with Gasteiger partial charge < -0.3 is 24.7 Å². The maximum atomic E-state index is 13.3. The SMILES string of the molecule is CCN(CC)CCOc1c(C)cc2c([nH]c3cnccc32)c1NC(=O)[C@@H]1CC(=O)OC1(C)C. The van der Waals surface area contributed by atoms with E-state index in [4.69, 9.17) is 9.47 Å². The van der Waals surface area contributed by atoms with Crippen molar-refractivity contribution >= 4 is 39.4 Å². The average molecular weight is 453 g/mol. The first-order chi connectivity index (χ1) is 15.7. The number of hydrogen-bond donors (Lipinski definition) is 2. The van der Waals surface area contributed by atoms with E-state index < -0.39 is 11.5 Å². The van der Waals surface area contributed by atoms with Gasteiger partial charge >= 0.3 is 5.97 Å². The van der Waals surface area contributed by atoms with Crippen LogP contribution in [-0.2, 0) is 14.3 Å². The summed E-state index contributed by atoms with van der Waals surface area (Å²) in [5.74, 6) is -0.578. The number of esters is 1. The maximum absolute atomic E-state index is 13.3. The first-order valence-corrected chi connectivity index (χ1v) is 11.5. The number of H-pyrrole nitrogens is 1. The van der Waals surface area contributed by atoms with Gasteiger partial charge in [0.05, 0.1) is 29.6 Å². The summed E-state index contributed by atoms with van der Waals surface area (Å²) in [4.78, 5) is 35.1. The molecule has 1 saturated heterocycles. The van der Waals surface area contributed by atoms with E-state index in [1.807, 2.05) is 13.0 Å². The van der Waals surface area contributed by atoms with Gasteiger partial charge in [-0.05, 0) is 51.6 Å². The molecule has 2 aromatic heterocycles. The fraction of sp³-hybridized carbons (Fsp3) is 0.480. The highest BCUT2D eigenvalue weighted by Crippen LogP contribution is 2.41. The lowest BCUT2D eigenvalue weighted by atomic mass is 9.90. The molecule has 0 radical (unpaired) electrons. The standard InChI is InChI=1S/C25H32N4O4/c1-6-29(7-2)10-11-32-23-15(3)12-17-16-8-9-26-14-19(16)27-21(17)22(23)28-24(31)18-13-20(30)33-25(18,4)5/h8-9,12,14,18,27H,6-7,10-11,13H2,1-5H3,(H,28,31)/t18-/m0/s1. The number of carbonyl (C=O) groups excluding carboxylic acids is 2. The minimum absolute atomic E-state index is 0.0581. The number of cyclic esters (lactones) is 1. The van der Waals surface area contributed by atoms with E-state index in [2.05, 4.69) is 40.1 Å². The zero-order valence-electron chi connectivity index (χ0n) is 19.9. The highest BCUT2D eigenvalue weighted by molar-refractivity contribution is 6.15. The van der Waals surface area contributed by atoms with E-state index in [0.29, 0.717) is 18.0 Å². The third-order valence-corrected chi connectivity index (χ3v) is 6.54. The molecule has 176 valence electrons. The van der Waals surface area contributed by atoms with Gasteiger partial charge in [0.15, 0.2) is 0 Å². The Morgan fingerprint density at radius 3 is 2.76 bits per heavy atom. The van der Waals surface area contributed by atoms with Gasteiger partial charge in [-0.2, -0.15) is 0 Å². The summed E-state index contributed by atoms with van der Waals surface area (Å²) in [7, 11) is 0. The third kappa shape index (κ3) is 4.39. The van der Waals surface area contributed by atoms with Crippen LogP contribution < -0.4 is 10.1 Å². The van der Waals surface area contributed by atoms with E-state index in [1.54, 1.807) is 26.2 Å². The van der Waals surface area contributed by atoms with Crippen LogP contribution in [0.25, 0.3) is 21.8 Å². The molecule has 1 aliphatic heterocycles. The fourth-order valence-electron chi connectivity index (χ4n) is 4.56. The summed E-state index contributed by atoms with van der Waals surface area (Å²) in [5.41, 5.74) is 2.30. The molecule has 0 unspecified atom stereocenters. The van der Waals surface area contributed by atoms with Crippen molar-refractivity contribution in [1.29, 1.82) is 0 Å². The number of likely N-dealkylation sites (N-methyl/N-ethyl adjacent to an activating group) is 1. The smallest absolute Gasteiger partial charge is 0.307 e. The molecule has 33 heavy (non-hydrogen) atoms. The van der Waals surface area contributed by atoms with Crippen molar-refractivity contribution in [1.82, 2.24) is 14.9 Å². The molecule has 3 aromatic rings. The number of aromatic amines is 1. The van der Waals surface area contributed by atoms with Gasteiger partial charge in [0.2, 0.25) is 5.91 Å². The van der Waals surface area contributed by atoms with Crippen LogP contribution in [0.1, 0.15) is 39.7 Å². The number of ether oxygens (including phenoxy) is 2. The minimum Gasteiger partial charge on any atom is -0.490 e. The summed E-state index contributed by atoms with van der Waals surface area (Å²) < 4.78 is 11.6. The van der Waals surface area contributed by atoms with E-state index >= 15 is 0 Å². The quantitative estimate of drug-likeness (QED) is 0.501. The number of nitrogens with one attached hydrogen (secondary N) is 2. The molecule has 0 spiro atoms. The molecule has 0 aliphatic carbocycles. The second-order valence-corrected chi connectivity index (χ2v) is 9.07. The number of carbonyl (C=O) groups is 2. The molecule has 3 heterocycles. The lowest BCUT2D eigenvalue weighted by Gasteiger charge is -2.25. The van der Waals surface area contributed by atoms with E-state index in [9.17, 15) is 9.59 Å². The number of amides is 1. The van der Waals surface area contributed by atoms with Crippen LogP contribution in [0.2, 0.25) is 0 Å². The van der Waals surface area contributed by atoms with Gasteiger partial charge in [-0.15, -0.1) is 0 Å². The number of nitrogens with zero attached hydrogens (tertiary/aromatic N) is 2. The highest BCUT2D eigenvalue weighted by Gasteiger charge is 2.46. The number of rotatable bonds is 8. The Hall–Kier alpha value is -3.13. The van der Waals surface area contributed by atoms with Crippen LogP contribution in [0.3, 0.4) is 0 Å². The van der Waals surface area contributed by atoms with Gasteiger partial charge in [-0.25, -0.2) is 0 Å². The Bertz CT molecular complexity index is 1200. The number of aromatic nitrogens is 2. The van der Waals surface area contributed by atoms with Gasteiger partial charge in [-0.1, -0.05) is 13.8 Å². The van der Waals surface area contributed by atoms with Crippen LogP contribution in [0, 0.1) is 12.8 Å². The van der Waals surface area contributed by atoms with Crippen LogP contribution in [0.5, 0.6) is 5.75 Å². The Kier molecular flexibility index (Phi) is 6.30. The molecular weight excluding hydrogens is 420 g/mol. The molecule has 4 rings (SSSR count). The molecule has 8 heteroatoms. The molecule has 0 saturated carbocycles. The lowest BCUT2D eigenvalue weighted by Crippen LogP contribution is -2.36. The van der Waals surface area contributed by atoms with Crippen molar-refractivity contribution in [3.05, 3.63) is 30.1 Å². The number of pyridine rings is 1. The lowest BCUT2D eigenvalue weighted by molar-refractivity contribution is -0.147. The second-order valence-electron chi connectivity index (χ2n) is 9.07. The van der Waals surface area contributed by atoms with Gasteiger partial charge in [-0.3, -0.25) is 14.6 Å². The Labute approximate surface area is 193 Å². The largest absolute Gasteiger partial charge is 0.490 e. The zero-order valence-corrected chi connectivity index (χ0v) is 19.9. The average Bonchev–Trinajstić information content (AvgIpc) is 3.28. The molecule has 8 nitrogen and oxygen atoms in total. The number of anilines is 1. The minimum atomic E-state index is -0.863. The summed E-state index contributed by atoms with van der Waals surface area (Å²) in [6, 6.07) is 4.02. The van der Waals surface area contributed by atoms with Gasteiger partial charge in [0.25, 0.3) is 0 Å². The highest BCUT2D eigenvalue weighted by atomic mass is 16.6. The maximum Gasteiger partial charge on any atom is 0.307 e. The van der Waals surface area contributed by atoms with Crippen molar-refractivity contribution in [3.8, 4) is 5.75 Å². The van der Waals surface area contributed by atoms with E-state index in [-0.39, 0.29) is 18.3 Å². The molecule has 1 fully saturated rings. The van der Waals surface area contributed by atoms with Crippen LogP contribution >= 0.6 is 0 Å². The van der Waals surface area contributed by atoms with E-state index in [0.717, 1.165) is 47.0 Å². The van der Waals surface area contributed by atoms with E-state index in [1.165, 1.54) is 0 Å². The Morgan fingerprint density at radius 1 is 1.33 bits per heavy atom. The zero-order chi connectivity index (χ0) is 23.8. The van der Waals surface area contributed by atoms with Gasteiger partial charge in [0.1, 0.15) is 23.6 Å². The summed E-state index contributed by atoms with van der Waals surface area (Å²) >= 11 is 0. The summed E-state index contributed by atoms with van der Waals surface area (Å²) in [6.07, 6.45) is 3.58. The van der Waals surface area contributed by atoms with Crippen LogP contribution in [0.15, 0.2) is 24.5 Å². The summed E-state index contributed by atoms with van der Waals surface area (Å²) in [5, 5.41) is 5.08. The molecule has 2 N–H and O–H groups in total. The summed E-state index contributed by atoms with van der Waals surface area (Å²) in [6.45, 7) is 12.9. The molecule has 1 amide bonds. The first kappa shape index (κ1) is 23.0.